The molecule has 0 aliphatic rings. The van der Waals surface area contributed by atoms with E-state index in [0.717, 1.165) is 18.4 Å². The van der Waals surface area contributed by atoms with Gasteiger partial charge in [0.25, 0.3) is 0 Å². The van der Waals surface area contributed by atoms with Crippen molar-refractivity contribution in [3.05, 3.63) is 54.2 Å². The summed E-state index contributed by atoms with van der Waals surface area (Å²) in [4.78, 5) is 8.05. The number of nitrogens with one attached hydrogen (secondary N) is 2. The van der Waals surface area contributed by atoms with E-state index in [9.17, 15) is 17.2 Å². The summed E-state index contributed by atoms with van der Waals surface area (Å²) in [5.41, 5.74) is 7.54. The highest BCUT2D eigenvalue weighted by molar-refractivity contribution is 7.90. The molecule has 0 saturated carbocycles. The Morgan fingerprint density at radius 3 is 2.62 bits per heavy atom. The first-order valence-corrected chi connectivity index (χ1v) is 10.1. The average molecular weight is 416 g/mol. The van der Waals surface area contributed by atoms with Gasteiger partial charge in [-0.25, -0.2) is 22.2 Å². The van der Waals surface area contributed by atoms with Crippen LogP contribution < -0.4 is 11.1 Å². The molecule has 0 saturated heterocycles. The maximum atomic E-state index is 13.8. The third kappa shape index (κ3) is 3.72. The summed E-state index contributed by atoms with van der Waals surface area (Å²) in [5, 5.41) is 10.2. The number of fused-ring (bicyclic) bond motifs is 1. The van der Waals surface area contributed by atoms with E-state index in [1.807, 2.05) is 0 Å². The maximum Gasteiger partial charge on any atom is 0.229 e. The fourth-order valence-corrected chi connectivity index (χ4v) is 3.48. The predicted molar refractivity (Wildman–Crippen MR) is 104 cm³/mol. The van der Waals surface area contributed by atoms with Crippen molar-refractivity contribution < 1.29 is 17.2 Å². The van der Waals surface area contributed by atoms with Gasteiger partial charge in [-0.1, -0.05) is 0 Å². The number of nitrogens with zero attached hydrogens (tertiary/aromatic N) is 3. The molecule has 4 rings (SSSR count). The Bertz CT molecular complexity index is 1350. The number of rotatable bonds is 4. The van der Waals surface area contributed by atoms with Crippen molar-refractivity contribution in [1.82, 2.24) is 20.2 Å². The smallest absolute Gasteiger partial charge is 0.229 e. The number of aromatic nitrogens is 4. The second kappa shape index (κ2) is 6.78. The Morgan fingerprint density at radius 2 is 1.90 bits per heavy atom. The molecule has 0 radical (unpaired) electrons. The number of nitrogen functional groups attached to an aromatic ring is 1. The summed E-state index contributed by atoms with van der Waals surface area (Å²) < 4.78 is 50.7. The average Bonchev–Trinajstić information content (AvgIpc) is 3.03. The molecular formula is C18H14F2N6O2S. The summed E-state index contributed by atoms with van der Waals surface area (Å²) in [6.07, 6.45) is 2.37. The highest BCUT2D eigenvalue weighted by Crippen LogP contribution is 2.30. The molecule has 2 aromatic carbocycles. The van der Waals surface area contributed by atoms with Crippen LogP contribution in [0.2, 0.25) is 0 Å². The van der Waals surface area contributed by atoms with Crippen LogP contribution in [-0.4, -0.2) is 34.8 Å². The van der Waals surface area contributed by atoms with Crippen molar-refractivity contribution in [2.75, 3.05) is 17.3 Å². The van der Waals surface area contributed by atoms with E-state index >= 15 is 0 Å². The molecule has 4 N–H and O–H groups in total. The fourth-order valence-electron chi connectivity index (χ4n) is 2.81. The van der Waals surface area contributed by atoms with Gasteiger partial charge in [-0.05, 0) is 36.4 Å². The molecule has 0 bridgehead atoms. The molecule has 0 spiro atoms. The van der Waals surface area contributed by atoms with E-state index in [0.29, 0.717) is 22.2 Å². The minimum absolute atomic E-state index is 0.0299. The molecule has 8 nitrogen and oxygen atoms in total. The molecular weight excluding hydrogens is 402 g/mol. The lowest BCUT2D eigenvalue weighted by molar-refractivity contribution is 0.596. The zero-order chi connectivity index (χ0) is 20.8. The normalized spacial score (nSPS) is 11.7. The van der Waals surface area contributed by atoms with Gasteiger partial charge < -0.3 is 11.1 Å². The molecule has 148 valence electrons. The number of hydrogen-bond donors (Lipinski definition) is 3. The minimum atomic E-state index is -3.60. The van der Waals surface area contributed by atoms with E-state index in [-0.39, 0.29) is 22.3 Å². The Hall–Kier alpha value is -3.60. The van der Waals surface area contributed by atoms with Crippen molar-refractivity contribution in [3.63, 3.8) is 0 Å². The highest BCUT2D eigenvalue weighted by Gasteiger charge is 2.15. The first kappa shape index (κ1) is 18.7. The number of H-pyrrole nitrogens is 1. The van der Waals surface area contributed by atoms with Gasteiger partial charge in [0.15, 0.2) is 9.84 Å². The SMILES string of the molecule is CS(=O)(=O)c1cc(F)cc(Nc2ncc(-c3n[nH]c4ccc(F)cc34)c(N)n2)c1. The zero-order valence-electron chi connectivity index (χ0n) is 14.9. The second-order valence-corrected chi connectivity index (χ2v) is 8.34. The van der Waals surface area contributed by atoms with Crippen LogP contribution in [0.1, 0.15) is 0 Å². The van der Waals surface area contributed by atoms with Gasteiger partial charge in [0, 0.05) is 23.5 Å². The van der Waals surface area contributed by atoms with Crippen molar-refractivity contribution >= 4 is 38.2 Å². The Balaban J connectivity index is 1.69. The van der Waals surface area contributed by atoms with Crippen molar-refractivity contribution in [2.24, 2.45) is 0 Å². The van der Waals surface area contributed by atoms with Crippen molar-refractivity contribution in [1.29, 1.82) is 0 Å². The summed E-state index contributed by atoms with van der Waals surface area (Å²) in [6, 6.07) is 7.46. The third-order valence-corrected chi connectivity index (χ3v) is 5.25. The summed E-state index contributed by atoms with van der Waals surface area (Å²) in [6.45, 7) is 0. The van der Waals surface area contributed by atoms with E-state index < -0.39 is 21.5 Å². The Morgan fingerprint density at radius 1 is 1.10 bits per heavy atom. The standard InChI is InChI=1S/C18H14F2N6O2S/c1-29(27,28)12-5-10(20)4-11(7-12)23-18-22-8-14(17(21)24-18)16-13-6-9(19)2-3-15(13)25-26-16/h2-8H,1H3,(H,25,26)(H3,21,22,23,24). The largest absolute Gasteiger partial charge is 0.383 e. The molecule has 2 aromatic heterocycles. The number of hydrogen-bond acceptors (Lipinski definition) is 7. The van der Waals surface area contributed by atoms with E-state index in [4.69, 9.17) is 5.73 Å². The van der Waals surface area contributed by atoms with Gasteiger partial charge in [-0.2, -0.15) is 10.1 Å². The number of sulfone groups is 1. The lowest BCUT2D eigenvalue weighted by Gasteiger charge is -2.09. The predicted octanol–water partition coefficient (Wildman–Crippen LogP) is 3.03. The van der Waals surface area contributed by atoms with Crippen LogP contribution in [0.5, 0.6) is 0 Å². The monoisotopic (exact) mass is 416 g/mol. The number of anilines is 3. The van der Waals surface area contributed by atoms with Crippen LogP contribution in [0.4, 0.5) is 26.2 Å². The number of aromatic amines is 1. The number of benzene rings is 2. The van der Waals surface area contributed by atoms with Crippen LogP contribution in [0.15, 0.2) is 47.5 Å². The first-order valence-electron chi connectivity index (χ1n) is 8.25. The molecule has 29 heavy (non-hydrogen) atoms. The van der Waals surface area contributed by atoms with E-state index in [1.165, 1.54) is 24.4 Å². The van der Waals surface area contributed by atoms with Crippen LogP contribution >= 0.6 is 0 Å². The van der Waals surface area contributed by atoms with Gasteiger partial charge in [-0.3, -0.25) is 5.10 Å². The van der Waals surface area contributed by atoms with Crippen LogP contribution in [0.25, 0.3) is 22.2 Å². The molecule has 0 unspecified atom stereocenters. The molecule has 0 amide bonds. The lowest BCUT2D eigenvalue weighted by atomic mass is 10.1. The lowest BCUT2D eigenvalue weighted by Crippen LogP contribution is -2.04. The van der Waals surface area contributed by atoms with Crippen LogP contribution in [0, 0.1) is 11.6 Å². The topological polar surface area (TPSA) is 127 Å². The maximum absolute atomic E-state index is 13.8. The van der Waals surface area contributed by atoms with Gasteiger partial charge >= 0.3 is 0 Å². The van der Waals surface area contributed by atoms with Crippen molar-refractivity contribution in [2.45, 2.75) is 4.90 Å². The number of halogens is 2. The minimum Gasteiger partial charge on any atom is -0.383 e. The van der Waals surface area contributed by atoms with Crippen LogP contribution in [-0.2, 0) is 9.84 Å². The zero-order valence-corrected chi connectivity index (χ0v) is 15.8. The van der Waals surface area contributed by atoms with Gasteiger partial charge in [0.05, 0.1) is 16.0 Å². The summed E-state index contributed by atoms with van der Waals surface area (Å²) >= 11 is 0. The molecule has 0 aliphatic heterocycles. The molecule has 0 atom stereocenters. The van der Waals surface area contributed by atoms with Gasteiger partial charge in [0.1, 0.15) is 23.1 Å². The van der Waals surface area contributed by atoms with Crippen LogP contribution in [0.3, 0.4) is 0 Å². The van der Waals surface area contributed by atoms with E-state index in [2.05, 4.69) is 25.5 Å². The summed E-state index contributed by atoms with van der Waals surface area (Å²) in [7, 11) is -3.60. The Kier molecular flexibility index (Phi) is 4.38. The fraction of sp³-hybridized carbons (Fsp3) is 0.0556. The summed E-state index contributed by atoms with van der Waals surface area (Å²) in [5.74, 6) is -1.07. The molecule has 4 aromatic rings. The molecule has 11 heteroatoms. The van der Waals surface area contributed by atoms with Crippen molar-refractivity contribution in [3.8, 4) is 11.3 Å². The molecule has 2 heterocycles. The quantitative estimate of drug-likeness (QED) is 0.467. The number of nitrogens with two attached hydrogens (primary N) is 1. The molecule has 0 fully saturated rings. The van der Waals surface area contributed by atoms with Gasteiger partial charge in [0.2, 0.25) is 5.95 Å². The molecule has 0 aliphatic carbocycles. The Labute approximate surface area is 163 Å². The van der Waals surface area contributed by atoms with Gasteiger partial charge in [-0.15, -0.1) is 0 Å². The third-order valence-electron chi connectivity index (χ3n) is 4.15. The van der Waals surface area contributed by atoms with E-state index in [1.54, 1.807) is 6.07 Å². The second-order valence-electron chi connectivity index (χ2n) is 6.33. The first-order chi connectivity index (χ1) is 13.7. The highest BCUT2D eigenvalue weighted by atomic mass is 32.2.